The van der Waals surface area contributed by atoms with E-state index in [9.17, 15) is 4.79 Å². The zero-order valence-corrected chi connectivity index (χ0v) is 17.3. The van der Waals surface area contributed by atoms with Crippen molar-refractivity contribution in [3.05, 3.63) is 65.2 Å². The Balaban J connectivity index is 1.60. The fraction of sp³-hybridized carbons (Fsp3) is 0.300. The molecule has 0 spiro atoms. The van der Waals surface area contributed by atoms with Gasteiger partial charge in [0, 0.05) is 17.5 Å². The molecule has 0 radical (unpaired) electrons. The summed E-state index contributed by atoms with van der Waals surface area (Å²) in [6.07, 6.45) is 0.959. The maximum absolute atomic E-state index is 12.6. The Labute approximate surface area is 173 Å². The molecule has 0 aliphatic heterocycles. The van der Waals surface area contributed by atoms with Gasteiger partial charge >= 0.3 is 0 Å². The van der Waals surface area contributed by atoms with Crippen molar-refractivity contribution >= 4 is 29.3 Å². The number of nitrogens with one attached hydrogen (secondary N) is 1. The zero-order valence-electron chi connectivity index (χ0n) is 15.7. The smallest absolute Gasteiger partial charge is 0.233 e. The van der Waals surface area contributed by atoms with Crippen LogP contribution >= 0.6 is 23.4 Å². The third-order valence-electron chi connectivity index (χ3n) is 4.45. The number of aromatic nitrogens is 4. The Morgan fingerprint density at radius 1 is 1.18 bits per heavy atom. The van der Waals surface area contributed by atoms with E-state index < -0.39 is 0 Å². The topological polar surface area (TPSA) is 72.7 Å². The maximum Gasteiger partial charge on any atom is 0.233 e. The van der Waals surface area contributed by atoms with Crippen molar-refractivity contribution in [3.63, 3.8) is 0 Å². The fourth-order valence-corrected chi connectivity index (χ4v) is 3.76. The quantitative estimate of drug-likeness (QED) is 0.560. The molecule has 0 aliphatic carbocycles. The predicted octanol–water partition coefficient (Wildman–Crippen LogP) is 4.11. The summed E-state index contributed by atoms with van der Waals surface area (Å²) in [5.41, 5.74) is 2.02. The van der Waals surface area contributed by atoms with Crippen LogP contribution in [0.25, 0.3) is 5.69 Å². The molecular formula is C20H22ClN5OS. The first-order valence-corrected chi connectivity index (χ1v) is 10.4. The number of thioether (sulfide) groups is 1. The SMILES string of the molecule is CC[C@@H](CNC(=O)[C@@H](C)Sc1nnnn1-c1ccc(Cl)cc1)c1ccccc1. The molecule has 8 heteroatoms. The van der Waals surface area contributed by atoms with E-state index in [4.69, 9.17) is 11.6 Å². The summed E-state index contributed by atoms with van der Waals surface area (Å²) in [4.78, 5) is 12.6. The van der Waals surface area contributed by atoms with Gasteiger partial charge < -0.3 is 5.32 Å². The Kier molecular flexibility index (Phi) is 7.06. The summed E-state index contributed by atoms with van der Waals surface area (Å²) >= 11 is 7.26. The second-order valence-electron chi connectivity index (χ2n) is 6.37. The first kappa shape index (κ1) is 20.4. The second-order valence-corrected chi connectivity index (χ2v) is 8.12. The van der Waals surface area contributed by atoms with Crippen molar-refractivity contribution in [1.29, 1.82) is 0 Å². The summed E-state index contributed by atoms with van der Waals surface area (Å²) < 4.78 is 1.60. The van der Waals surface area contributed by atoms with Gasteiger partial charge in [0.1, 0.15) is 0 Å². The largest absolute Gasteiger partial charge is 0.355 e. The van der Waals surface area contributed by atoms with Crippen molar-refractivity contribution in [2.45, 2.75) is 36.6 Å². The van der Waals surface area contributed by atoms with E-state index >= 15 is 0 Å². The lowest BCUT2D eigenvalue weighted by Crippen LogP contribution is -2.34. The molecule has 0 fully saturated rings. The van der Waals surface area contributed by atoms with Gasteiger partial charge in [-0.3, -0.25) is 4.79 Å². The average molecular weight is 416 g/mol. The van der Waals surface area contributed by atoms with Crippen molar-refractivity contribution in [2.24, 2.45) is 0 Å². The molecule has 1 amide bonds. The Morgan fingerprint density at radius 3 is 2.57 bits per heavy atom. The Bertz CT molecular complexity index is 900. The summed E-state index contributed by atoms with van der Waals surface area (Å²) in [5, 5.41) is 15.7. The monoisotopic (exact) mass is 415 g/mol. The van der Waals surface area contributed by atoms with E-state index in [2.05, 4.69) is 39.9 Å². The normalized spacial score (nSPS) is 13.1. The Hall–Kier alpha value is -2.38. The lowest BCUT2D eigenvalue weighted by atomic mass is 9.96. The summed E-state index contributed by atoms with van der Waals surface area (Å²) in [6.45, 7) is 4.58. The number of tetrazole rings is 1. The maximum atomic E-state index is 12.6. The molecule has 1 N–H and O–H groups in total. The van der Waals surface area contributed by atoms with Gasteiger partial charge in [0.25, 0.3) is 0 Å². The van der Waals surface area contributed by atoms with Gasteiger partial charge in [0.2, 0.25) is 11.1 Å². The standard InChI is InChI=1S/C20H22ClN5OS/c1-3-15(16-7-5-4-6-8-16)13-22-19(27)14(2)28-20-23-24-25-26(20)18-11-9-17(21)10-12-18/h4-12,14-15H,3,13H2,1-2H3,(H,22,27)/t14-,15+/m1/s1. The van der Waals surface area contributed by atoms with E-state index in [0.29, 0.717) is 22.6 Å². The van der Waals surface area contributed by atoms with Crippen LogP contribution in [-0.2, 0) is 4.79 Å². The molecule has 6 nitrogen and oxygen atoms in total. The van der Waals surface area contributed by atoms with Crippen LogP contribution in [0.3, 0.4) is 0 Å². The van der Waals surface area contributed by atoms with Crippen LogP contribution in [0.4, 0.5) is 0 Å². The molecule has 1 aromatic heterocycles. The van der Waals surface area contributed by atoms with Gasteiger partial charge in [-0.25, -0.2) is 0 Å². The predicted molar refractivity (Wildman–Crippen MR) is 112 cm³/mol. The first-order chi connectivity index (χ1) is 13.6. The number of halogens is 1. The molecule has 3 rings (SSSR count). The van der Waals surface area contributed by atoms with Crippen molar-refractivity contribution in [2.75, 3.05) is 6.54 Å². The van der Waals surface area contributed by atoms with Crippen LogP contribution in [0.15, 0.2) is 59.8 Å². The summed E-state index contributed by atoms with van der Waals surface area (Å²) in [6, 6.07) is 17.5. The lowest BCUT2D eigenvalue weighted by molar-refractivity contribution is -0.120. The number of rotatable bonds is 8. The highest BCUT2D eigenvalue weighted by Gasteiger charge is 2.20. The highest BCUT2D eigenvalue weighted by molar-refractivity contribution is 8.00. The molecule has 0 saturated heterocycles. The molecule has 3 aromatic rings. The van der Waals surface area contributed by atoms with Gasteiger partial charge in [0.05, 0.1) is 10.9 Å². The highest BCUT2D eigenvalue weighted by Crippen LogP contribution is 2.24. The van der Waals surface area contributed by atoms with Gasteiger partial charge in [-0.1, -0.05) is 60.6 Å². The highest BCUT2D eigenvalue weighted by atomic mass is 35.5. The molecule has 0 bridgehead atoms. The lowest BCUT2D eigenvalue weighted by Gasteiger charge is -2.18. The van der Waals surface area contributed by atoms with Crippen molar-refractivity contribution in [1.82, 2.24) is 25.5 Å². The number of hydrogen-bond acceptors (Lipinski definition) is 5. The van der Waals surface area contributed by atoms with E-state index in [0.717, 1.165) is 12.1 Å². The van der Waals surface area contributed by atoms with E-state index in [1.807, 2.05) is 37.3 Å². The van der Waals surface area contributed by atoms with Crippen LogP contribution in [0, 0.1) is 0 Å². The number of nitrogens with zero attached hydrogens (tertiary/aromatic N) is 4. The third kappa shape index (κ3) is 5.11. The second kappa shape index (κ2) is 9.71. The number of carbonyl (C=O) groups is 1. The zero-order chi connectivity index (χ0) is 19.9. The minimum absolute atomic E-state index is 0.0370. The molecule has 0 saturated carbocycles. The minimum atomic E-state index is -0.328. The molecule has 2 aromatic carbocycles. The van der Waals surface area contributed by atoms with Gasteiger partial charge in [-0.15, -0.1) is 5.10 Å². The molecule has 2 atom stereocenters. The van der Waals surface area contributed by atoms with Crippen LogP contribution in [0.2, 0.25) is 5.02 Å². The number of benzene rings is 2. The minimum Gasteiger partial charge on any atom is -0.355 e. The first-order valence-electron chi connectivity index (χ1n) is 9.12. The van der Waals surface area contributed by atoms with Crippen LogP contribution in [0.1, 0.15) is 31.7 Å². The van der Waals surface area contributed by atoms with Crippen molar-refractivity contribution in [3.8, 4) is 5.69 Å². The molecule has 146 valence electrons. The van der Waals surface area contributed by atoms with E-state index in [-0.39, 0.29) is 11.2 Å². The van der Waals surface area contributed by atoms with Crippen LogP contribution < -0.4 is 5.32 Å². The molecule has 0 unspecified atom stereocenters. The fourth-order valence-electron chi connectivity index (χ4n) is 2.80. The molecule has 0 aliphatic rings. The molecule has 28 heavy (non-hydrogen) atoms. The van der Waals surface area contributed by atoms with Gasteiger partial charge in [0.15, 0.2) is 0 Å². The number of amides is 1. The third-order valence-corrected chi connectivity index (χ3v) is 5.73. The number of carbonyl (C=O) groups excluding carboxylic acids is 1. The average Bonchev–Trinajstić information content (AvgIpc) is 3.17. The van der Waals surface area contributed by atoms with Gasteiger partial charge in [-0.05, 0) is 53.6 Å². The van der Waals surface area contributed by atoms with Crippen LogP contribution in [-0.4, -0.2) is 37.9 Å². The summed E-state index contributed by atoms with van der Waals surface area (Å²) in [7, 11) is 0. The van der Waals surface area contributed by atoms with E-state index in [1.54, 1.807) is 16.8 Å². The summed E-state index contributed by atoms with van der Waals surface area (Å²) in [5.74, 6) is 0.256. The Morgan fingerprint density at radius 2 is 1.89 bits per heavy atom. The number of hydrogen-bond donors (Lipinski definition) is 1. The van der Waals surface area contributed by atoms with E-state index in [1.165, 1.54) is 17.3 Å². The molecular weight excluding hydrogens is 394 g/mol. The van der Waals surface area contributed by atoms with Crippen molar-refractivity contribution < 1.29 is 4.79 Å². The molecule has 1 heterocycles. The van der Waals surface area contributed by atoms with Gasteiger partial charge in [-0.2, -0.15) is 4.68 Å². The van der Waals surface area contributed by atoms with Crippen LogP contribution in [0.5, 0.6) is 0 Å².